The Kier molecular flexibility index (Phi) is 3.80. The second-order valence-corrected chi connectivity index (χ2v) is 6.13. The number of ether oxygens (including phenoxy) is 1. The van der Waals surface area contributed by atoms with Gasteiger partial charge < -0.3 is 19.6 Å². The van der Waals surface area contributed by atoms with Gasteiger partial charge in [0.2, 0.25) is 0 Å². The minimum atomic E-state index is -0.823. The predicted molar refractivity (Wildman–Crippen MR) is 80.0 cm³/mol. The Morgan fingerprint density at radius 2 is 1.95 bits per heavy atom. The highest BCUT2D eigenvalue weighted by Gasteiger charge is 2.34. The van der Waals surface area contributed by atoms with E-state index < -0.39 is 11.1 Å². The number of rotatable bonds is 5. The maximum Gasteiger partial charge on any atom is 0.176 e. The molecule has 0 aliphatic heterocycles. The summed E-state index contributed by atoms with van der Waals surface area (Å²) in [5, 5.41) is 14.5. The van der Waals surface area contributed by atoms with Crippen molar-refractivity contribution in [3.05, 3.63) is 30.0 Å². The molecule has 2 aromatic rings. The molecule has 4 heteroatoms. The van der Waals surface area contributed by atoms with Crippen molar-refractivity contribution in [2.24, 2.45) is 0 Å². The Balaban J connectivity index is 2.19. The van der Waals surface area contributed by atoms with Crippen LogP contribution in [0.4, 0.5) is 0 Å². The molecule has 1 aromatic carbocycles. The molecule has 4 nitrogen and oxygen atoms in total. The number of aliphatic hydroxyl groups is 1. The van der Waals surface area contributed by atoms with Crippen molar-refractivity contribution in [3.8, 4) is 5.75 Å². The Morgan fingerprint density at radius 1 is 1.25 bits per heavy atom. The van der Waals surface area contributed by atoms with Crippen LogP contribution in [0.3, 0.4) is 0 Å². The molecule has 0 unspecified atom stereocenters. The van der Waals surface area contributed by atoms with Gasteiger partial charge in [-0.25, -0.2) is 0 Å². The number of hydrogen-bond donors (Lipinski definition) is 2. The van der Waals surface area contributed by atoms with Gasteiger partial charge in [-0.1, -0.05) is 12.1 Å². The summed E-state index contributed by atoms with van der Waals surface area (Å²) in [5.74, 6) is 1.55. The maximum atomic E-state index is 10.1. The quantitative estimate of drug-likeness (QED) is 0.882. The molecule has 0 amide bonds. The first-order valence-electron chi connectivity index (χ1n) is 6.77. The first-order chi connectivity index (χ1) is 9.24. The zero-order chi connectivity index (χ0) is 15.0. The third-order valence-corrected chi connectivity index (χ3v) is 4.01. The van der Waals surface area contributed by atoms with Crippen LogP contribution in [-0.2, 0) is 6.54 Å². The molecule has 0 saturated carbocycles. The Morgan fingerprint density at radius 3 is 2.55 bits per heavy atom. The Labute approximate surface area is 119 Å². The second kappa shape index (κ2) is 5.11. The number of methoxy groups -OCH3 is 1. The van der Waals surface area contributed by atoms with Crippen LogP contribution in [0.25, 0.3) is 11.0 Å². The molecule has 2 rings (SSSR count). The number of nitrogens with one attached hydrogen (secondary N) is 1. The average molecular weight is 277 g/mol. The van der Waals surface area contributed by atoms with Crippen LogP contribution in [0.15, 0.2) is 28.7 Å². The predicted octanol–water partition coefficient (Wildman–Crippen LogP) is 3.08. The molecule has 1 aromatic heterocycles. The standard InChI is InChI=1S/C16H23NO3/c1-15(2,16(3,4)18)17-10-12-9-11-7-6-8-13(19-5)14(11)20-12/h6-9,17-18H,10H2,1-5H3. The van der Waals surface area contributed by atoms with Crippen LogP contribution < -0.4 is 10.1 Å². The molecule has 0 radical (unpaired) electrons. The van der Waals surface area contributed by atoms with Crippen molar-refractivity contribution in [2.45, 2.75) is 45.4 Å². The summed E-state index contributed by atoms with van der Waals surface area (Å²) in [6, 6.07) is 7.80. The number of furan rings is 1. The number of benzene rings is 1. The van der Waals surface area contributed by atoms with Gasteiger partial charge in [0.15, 0.2) is 11.3 Å². The van der Waals surface area contributed by atoms with Gasteiger partial charge >= 0.3 is 0 Å². The summed E-state index contributed by atoms with van der Waals surface area (Å²) in [5.41, 5.74) is -0.486. The van der Waals surface area contributed by atoms with Gasteiger partial charge in [-0.2, -0.15) is 0 Å². The van der Waals surface area contributed by atoms with E-state index in [-0.39, 0.29) is 0 Å². The van der Waals surface area contributed by atoms with Crippen molar-refractivity contribution in [1.82, 2.24) is 5.32 Å². The minimum absolute atomic E-state index is 0.421. The van der Waals surface area contributed by atoms with E-state index in [9.17, 15) is 5.11 Å². The third-order valence-electron chi connectivity index (χ3n) is 4.01. The highest BCUT2D eigenvalue weighted by molar-refractivity contribution is 5.83. The van der Waals surface area contributed by atoms with E-state index in [1.165, 1.54) is 0 Å². The third kappa shape index (κ3) is 2.81. The van der Waals surface area contributed by atoms with Crippen molar-refractivity contribution in [2.75, 3.05) is 7.11 Å². The van der Waals surface area contributed by atoms with Gasteiger partial charge in [-0.3, -0.25) is 0 Å². The van der Waals surface area contributed by atoms with Crippen LogP contribution in [-0.4, -0.2) is 23.4 Å². The van der Waals surface area contributed by atoms with Crippen LogP contribution in [0.5, 0.6) is 5.75 Å². The SMILES string of the molecule is COc1cccc2cc(CNC(C)(C)C(C)(C)O)oc12. The molecule has 20 heavy (non-hydrogen) atoms. The molecular weight excluding hydrogens is 254 g/mol. The molecule has 0 atom stereocenters. The zero-order valence-corrected chi connectivity index (χ0v) is 12.8. The van der Waals surface area contributed by atoms with Crippen molar-refractivity contribution in [3.63, 3.8) is 0 Å². The fraction of sp³-hybridized carbons (Fsp3) is 0.500. The Bertz CT molecular complexity index is 593. The van der Waals surface area contributed by atoms with Crippen molar-refractivity contribution < 1.29 is 14.3 Å². The normalized spacial score (nSPS) is 12.9. The summed E-state index contributed by atoms with van der Waals surface area (Å²) in [6.45, 7) is 8.07. The molecule has 2 N–H and O–H groups in total. The summed E-state index contributed by atoms with van der Waals surface area (Å²) in [4.78, 5) is 0. The molecular formula is C16H23NO3. The second-order valence-electron chi connectivity index (χ2n) is 6.13. The van der Waals surface area contributed by atoms with Gasteiger partial charge in [0.1, 0.15) is 5.76 Å². The van der Waals surface area contributed by atoms with Gasteiger partial charge in [0.25, 0.3) is 0 Å². The molecule has 110 valence electrons. The lowest BCUT2D eigenvalue weighted by Crippen LogP contribution is -2.55. The van der Waals surface area contributed by atoms with E-state index in [0.29, 0.717) is 6.54 Å². The highest BCUT2D eigenvalue weighted by Crippen LogP contribution is 2.29. The van der Waals surface area contributed by atoms with Crippen LogP contribution in [0, 0.1) is 0 Å². The lowest BCUT2D eigenvalue weighted by molar-refractivity contribution is -0.00597. The minimum Gasteiger partial charge on any atom is -0.493 e. The molecule has 0 bridgehead atoms. The summed E-state index contributed by atoms with van der Waals surface area (Å²) in [6.07, 6.45) is 0. The maximum absolute atomic E-state index is 10.1. The lowest BCUT2D eigenvalue weighted by atomic mass is 9.86. The molecule has 0 aliphatic rings. The van der Waals surface area contributed by atoms with Gasteiger partial charge in [-0.05, 0) is 39.8 Å². The summed E-state index contributed by atoms with van der Waals surface area (Å²) < 4.78 is 11.1. The van der Waals surface area contributed by atoms with Gasteiger partial charge in [0.05, 0.1) is 19.3 Å². The van der Waals surface area contributed by atoms with E-state index in [1.807, 2.05) is 38.1 Å². The first-order valence-corrected chi connectivity index (χ1v) is 6.77. The molecule has 0 fully saturated rings. The van der Waals surface area contributed by atoms with Crippen LogP contribution in [0.2, 0.25) is 0 Å². The van der Waals surface area contributed by atoms with Crippen molar-refractivity contribution in [1.29, 1.82) is 0 Å². The average Bonchev–Trinajstić information content (AvgIpc) is 2.77. The van der Waals surface area contributed by atoms with E-state index in [0.717, 1.165) is 22.5 Å². The number of fused-ring (bicyclic) bond motifs is 1. The summed E-state index contributed by atoms with van der Waals surface area (Å²) in [7, 11) is 1.63. The number of para-hydroxylation sites is 1. The first kappa shape index (κ1) is 14.9. The van der Waals surface area contributed by atoms with Crippen LogP contribution in [0.1, 0.15) is 33.5 Å². The smallest absolute Gasteiger partial charge is 0.176 e. The monoisotopic (exact) mass is 277 g/mol. The largest absolute Gasteiger partial charge is 0.493 e. The molecule has 0 saturated heterocycles. The highest BCUT2D eigenvalue weighted by atomic mass is 16.5. The Hall–Kier alpha value is -1.52. The summed E-state index contributed by atoms with van der Waals surface area (Å²) >= 11 is 0. The fourth-order valence-electron chi connectivity index (χ4n) is 1.86. The van der Waals surface area contributed by atoms with Gasteiger partial charge in [0, 0.05) is 10.9 Å². The van der Waals surface area contributed by atoms with Crippen LogP contribution >= 0.6 is 0 Å². The number of hydrogen-bond acceptors (Lipinski definition) is 4. The fourth-order valence-corrected chi connectivity index (χ4v) is 1.86. The van der Waals surface area contributed by atoms with E-state index in [2.05, 4.69) is 5.32 Å². The van der Waals surface area contributed by atoms with E-state index >= 15 is 0 Å². The van der Waals surface area contributed by atoms with Crippen molar-refractivity contribution >= 4 is 11.0 Å². The molecule has 0 spiro atoms. The molecule has 1 heterocycles. The van der Waals surface area contributed by atoms with E-state index in [1.54, 1.807) is 21.0 Å². The molecule has 0 aliphatic carbocycles. The zero-order valence-electron chi connectivity index (χ0n) is 12.8. The van der Waals surface area contributed by atoms with Gasteiger partial charge in [-0.15, -0.1) is 0 Å². The van der Waals surface area contributed by atoms with E-state index in [4.69, 9.17) is 9.15 Å². The topological polar surface area (TPSA) is 54.6 Å². The lowest BCUT2D eigenvalue weighted by Gasteiger charge is -2.38.